The molecule has 16 heavy (non-hydrogen) atoms. The molecule has 2 rings (SSSR count). The van der Waals surface area contributed by atoms with Gasteiger partial charge in [-0.2, -0.15) is 0 Å². The second-order valence-electron chi connectivity index (χ2n) is 3.57. The Bertz CT molecular complexity index is 387. The number of methoxy groups -OCH3 is 1. The van der Waals surface area contributed by atoms with E-state index in [0.717, 1.165) is 6.42 Å². The van der Waals surface area contributed by atoms with Crippen LogP contribution in [0.15, 0.2) is 18.2 Å². The molecule has 0 atom stereocenters. The fourth-order valence-electron chi connectivity index (χ4n) is 1.55. The van der Waals surface area contributed by atoms with Crippen LogP contribution in [0.5, 0.6) is 11.5 Å². The van der Waals surface area contributed by atoms with Crippen molar-refractivity contribution < 1.29 is 19.0 Å². The van der Waals surface area contributed by atoms with Crippen molar-refractivity contribution in [1.29, 1.82) is 0 Å². The molecule has 0 aromatic heterocycles. The molecule has 0 spiro atoms. The molecule has 0 amide bonds. The highest BCUT2D eigenvalue weighted by molar-refractivity contribution is 5.97. The van der Waals surface area contributed by atoms with E-state index in [1.165, 1.54) is 7.11 Å². The van der Waals surface area contributed by atoms with Gasteiger partial charge in [-0.25, -0.2) is 0 Å². The zero-order chi connectivity index (χ0) is 11.4. The molecule has 0 aliphatic carbocycles. The minimum absolute atomic E-state index is 0.0573. The molecule has 0 unspecified atom stereocenters. The van der Waals surface area contributed by atoms with Crippen LogP contribution in [0.4, 0.5) is 0 Å². The van der Waals surface area contributed by atoms with E-state index in [2.05, 4.69) is 0 Å². The summed E-state index contributed by atoms with van der Waals surface area (Å²) in [5, 5.41) is 0. The maximum Gasteiger partial charge on any atom is 0.188 e. The Morgan fingerprint density at radius 2 is 2.06 bits per heavy atom. The van der Waals surface area contributed by atoms with Crippen molar-refractivity contribution in [3.8, 4) is 11.5 Å². The number of hydrogen-bond acceptors (Lipinski definition) is 4. The van der Waals surface area contributed by atoms with Crippen LogP contribution in [-0.4, -0.2) is 32.7 Å². The third-order valence-corrected chi connectivity index (χ3v) is 2.34. The molecule has 0 bridgehead atoms. The summed E-state index contributed by atoms with van der Waals surface area (Å²) in [5.74, 6) is 1.28. The molecule has 0 fully saturated rings. The summed E-state index contributed by atoms with van der Waals surface area (Å²) in [7, 11) is 1.50. The maximum atomic E-state index is 11.6. The monoisotopic (exact) mass is 222 g/mol. The topological polar surface area (TPSA) is 44.8 Å². The van der Waals surface area contributed by atoms with Gasteiger partial charge in [-0.05, 0) is 18.2 Å². The number of carbonyl (C=O) groups is 1. The average molecular weight is 222 g/mol. The first-order chi connectivity index (χ1) is 7.81. The third-order valence-electron chi connectivity index (χ3n) is 2.34. The molecule has 4 heteroatoms. The van der Waals surface area contributed by atoms with Crippen molar-refractivity contribution in [2.45, 2.75) is 6.42 Å². The van der Waals surface area contributed by atoms with Gasteiger partial charge in [-0.1, -0.05) is 0 Å². The van der Waals surface area contributed by atoms with Crippen molar-refractivity contribution in [2.75, 3.05) is 26.9 Å². The van der Waals surface area contributed by atoms with E-state index in [0.29, 0.717) is 30.3 Å². The van der Waals surface area contributed by atoms with Gasteiger partial charge in [-0.15, -0.1) is 0 Å². The Balaban J connectivity index is 2.23. The quantitative estimate of drug-likeness (QED) is 0.730. The van der Waals surface area contributed by atoms with Gasteiger partial charge in [0.25, 0.3) is 0 Å². The van der Waals surface area contributed by atoms with Crippen LogP contribution in [-0.2, 0) is 4.74 Å². The van der Waals surface area contributed by atoms with Crippen molar-refractivity contribution >= 4 is 5.78 Å². The average Bonchev–Trinajstić information content (AvgIpc) is 2.53. The van der Waals surface area contributed by atoms with Crippen LogP contribution in [0, 0.1) is 0 Å². The number of fused-ring (bicyclic) bond motifs is 1. The van der Waals surface area contributed by atoms with E-state index in [1.807, 2.05) is 0 Å². The number of benzene rings is 1. The second kappa shape index (κ2) is 4.99. The molecule has 0 N–H and O–H groups in total. The predicted octanol–water partition coefficient (Wildman–Crippen LogP) is 1.68. The minimum Gasteiger partial charge on any atom is -0.490 e. The largest absolute Gasteiger partial charge is 0.490 e. The standard InChI is InChI=1S/C12H14O4/c1-14-8-10(13)9-3-4-11-12(7-9)16-6-2-5-15-11/h3-4,7H,2,5-6,8H2,1H3. The van der Waals surface area contributed by atoms with Crippen LogP contribution in [0.3, 0.4) is 0 Å². The summed E-state index contributed by atoms with van der Waals surface area (Å²) >= 11 is 0. The number of ether oxygens (including phenoxy) is 3. The fraction of sp³-hybridized carbons (Fsp3) is 0.417. The zero-order valence-corrected chi connectivity index (χ0v) is 9.19. The van der Waals surface area contributed by atoms with E-state index in [1.54, 1.807) is 18.2 Å². The lowest BCUT2D eigenvalue weighted by molar-refractivity contribution is 0.0847. The number of ketones is 1. The van der Waals surface area contributed by atoms with Gasteiger partial charge >= 0.3 is 0 Å². The molecule has 0 saturated heterocycles. The first-order valence-electron chi connectivity index (χ1n) is 5.23. The lowest BCUT2D eigenvalue weighted by Crippen LogP contribution is -2.07. The van der Waals surface area contributed by atoms with E-state index in [-0.39, 0.29) is 12.4 Å². The van der Waals surface area contributed by atoms with Gasteiger partial charge in [0.2, 0.25) is 0 Å². The van der Waals surface area contributed by atoms with E-state index in [9.17, 15) is 4.79 Å². The highest BCUT2D eigenvalue weighted by atomic mass is 16.5. The molecular weight excluding hydrogens is 208 g/mol. The number of rotatable bonds is 3. The molecule has 0 radical (unpaired) electrons. The first-order valence-corrected chi connectivity index (χ1v) is 5.23. The van der Waals surface area contributed by atoms with Crippen molar-refractivity contribution in [3.05, 3.63) is 23.8 Å². The molecule has 0 saturated carbocycles. The third kappa shape index (κ3) is 2.33. The molecular formula is C12H14O4. The summed E-state index contributed by atoms with van der Waals surface area (Å²) in [6.45, 7) is 1.35. The maximum absolute atomic E-state index is 11.6. The van der Waals surface area contributed by atoms with Crippen molar-refractivity contribution in [3.63, 3.8) is 0 Å². The summed E-state index contributed by atoms with van der Waals surface area (Å²) in [5.41, 5.74) is 0.589. The van der Waals surface area contributed by atoms with Crippen molar-refractivity contribution in [2.24, 2.45) is 0 Å². The highest BCUT2D eigenvalue weighted by Gasteiger charge is 2.13. The summed E-state index contributed by atoms with van der Waals surface area (Å²) in [4.78, 5) is 11.6. The molecule has 4 nitrogen and oxygen atoms in total. The Labute approximate surface area is 94.1 Å². The highest BCUT2D eigenvalue weighted by Crippen LogP contribution is 2.30. The molecule has 1 aliphatic heterocycles. The van der Waals surface area contributed by atoms with Gasteiger partial charge in [-0.3, -0.25) is 4.79 Å². The van der Waals surface area contributed by atoms with Gasteiger partial charge in [0.05, 0.1) is 13.2 Å². The van der Waals surface area contributed by atoms with Crippen LogP contribution in [0.25, 0.3) is 0 Å². The summed E-state index contributed by atoms with van der Waals surface area (Å²) in [6, 6.07) is 5.21. The van der Waals surface area contributed by atoms with Crippen LogP contribution >= 0.6 is 0 Å². The van der Waals surface area contributed by atoms with Crippen LogP contribution < -0.4 is 9.47 Å². The Morgan fingerprint density at radius 3 is 2.81 bits per heavy atom. The van der Waals surface area contributed by atoms with Crippen LogP contribution in [0.2, 0.25) is 0 Å². The second-order valence-corrected chi connectivity index (χ2v) is 3.57. The lowest BCUT2D eigenvalue weighted by atomic mass is 10.1. The number of Topliss-reactive ketones (excluding diaryl/α,β-unsaturated/α-hetero) is 1. The Hall–Kier alpha value is -1.55. The molecule has 1 aliphatic rings. The van der Waals surface area contributed by atoms with Gasteiger partial charge in [0.1, 0.15) is 6.61 Å². The van der Waals surface area contributed by atoms with Gasteiger partial charge in [0.15, 0.2) is 17.3 Å². The Kier molecular flexibility index (Phi) is 3.41. The number of carbonyl (C=O) groups excluding carboxylic acids is 1. The van der Waals surface area contributed by atoms with Gasteiger partial charge in [0, 0.05) is 19.1 Å². The minimum atomic E-state index is -0.0573. The molecule has 1 heterocycles. The van der Waals surface area contributed by atoms with E-state index in [4.69, 9.17) is 14.2 Å². The first kappa shape index (κ1) is 11.0. The van der Waals surface area contributed by atoms with Gasteiger partial charge < -0.3 is 14.2 Å². The summed E-state index contributed by atoms with van der Waals surface area (Å²) in [6.07, 6.45) is 0.857. The summed E-state index contributed by atoms with van der Waals surface area (Å²) < 4.78 is 15.8. The van der Waals surface area contributed by atoms with E-state index >= 15 is 0 Å². The predicted molar refractivity (Wildman–Crippen MR) is 58.3 cm³/mol. The molecule has 1 aromatic carbocycles. The smallest absolute Gasteiger partial charge is 0.188 e. The SMILES string of the molecule is COCC(=O)c1ccc2c(c1)OCCCO2. The zero-order valence-electron chi connectivity index (χ0n) is 9.19. The van der Waals surface area contributed by atoms with E-state index < -0.39 is 0 Å². The van der Waals surface area contributed by atoms with Crippen molar-refractivity contribution in [1.82, 2.24) is 0 Å². The molecule has 86 valence electrons. The lowest BCUT2D eigenvalue weighted by Gasteiger charge is -2.08. The van der Waals surface area contributed by atoms with Crippen LogP contribution in [0.1, 0.15) is 16.8 Å². The number of hydrogen-bond donors (Lipinski definition) is 0. The molecule has 1 aromatic rings. The fourth-order valence-corrected chi connectivity index (χ4v) is 1.55. The Morgan fingerprint density at radius 1 is 1.31 bits per heavy atom. The normalized spacial score (nSPS) is 14.3.